The second-order valence-electron chi connectivity index (χ2n) is 17.6. The Bertz CT molecular complexity index is 3120. The monoisotopic (exact) mass is 759 g/mol. The average molecular weight is 760 g/mol. The predicted octanol–water partition coefficient (Wildman–Crippen LogP) is 12.8. The number of fused-ring (bicyclic) bond motifs is 4. The maximum absolute atomic E-state index is 9.52. The summed E-state index contributed by atoms with van der Waals surface area (Å²) in [7, 11) is 0. The van der Waals surface area contributed by atoms with Gasteiger partial charge in [0.2, 0.25) is 0 Å². The van der Waals surface area contributed by atoms with Gasteiger partial charge in [0.25, 0.3) is 0 Å². The van der Waals surface area contributed by atoms with E-state index in [1.54, 1.807) is 0 Å². The van der Waals surface area contributed by atoms with Crippen molar-refractivity contribution in [2.75, 3.05) is 0 Å². The van der Waals surface area contributed by atoms with Gasteiger partial charge in [0.1, 0.15) is 0 Å². The van der Waals surface area contributed by atoms with Gasteiger partial charge in [-0.3, -0.25) is 0 Å². The molecule has 2 heterocycles. The predicted molar refractivity (Wildman–Crippen MR) is 237 cm³/mol. The van der Waals surface area contributed by atoms with Crippen LogP contribution < -0.4 is 0 Å². The Balaban J connectivity index is 0.925. The molecule has 282 valence electrons. The lowest BCUT2D eigenvalue weighted by molar-refractivity contribution is -0.0280. The fraction of sp³-hybridized carbons (Fsp3) is 0.185. The molecule has 9 aromatic rings. The van der Waals surface area contributed by atoms with E-state index < -0.39 is 0 Å². The van der Waals surface area contributed by atoms with E-state index in [4.69, 9.17) is 15.0 Å². The van der Waals surface area contributed by atoms with E-state index in [1.165, 1.54) is 82.2 Å². The number of hydrogen-bond donors (Lipinski definition) is 0. The second-order valence-corrected chi connectivity index (χ2v) is 17.6. The summed E-state index contributed by atoms with van der Waals surface area (Å²) in [6.07, 6.45) is 7.56. The summed E-state index contributed by atoms with van der Waals surface area (Å²) in [5.74, 6) is 3.50. The fourth-order valence-corrected chi connectivity index (χ4v) is 11.9. The van der Waals surface area contributed by atoms with Gasteiger partial charge in [-0.15, -0.1) is 0 Å². The Kier molecular flexibility index (Phi) is 7.56. The molecule has 59 heavy (non-hydrogen) atoms. The topological polar surface area (TPSA) is 67.4 Å². The standard InChI is InChI=1S/C54H41N5/c55-33-35-14-23-45(24-15-35)59-48-13-7-6-12-46(48)47-25-22-44(28-49(47)59)54-31-36-26-37(32-54)30-53(29-36,34-54)43-20-18-40(19-21-43)51-56-50(39-9-2-1-3-10-39)57-52(58-51)42-17-16-38-8-4-5-11-41(38)27-42/h1-25,27-28,36-37H,26,29-32,34H2. The molecule has 0 amide bonds. The minimum absolute atomic E-state index is 0.135. The third-order valence-corrected chi connectivity index (χ3v) is 14.0. The summed E-state index contributed by atoms with van der Waals surface area (Å²) in [4.78, 5) is 15.2. The van der Waals surface area contributed by atoms with Crippen LogP contribution in [0, 0.1) is 23.2 Å². The van der Waals surface area contributed by atoms with Gasteiger partial charge in [0, 0.05) is 33.2 Å². The van der Waals surface area contributed by atoms with E-state index >= 15 is 0 Å². The molecule has 4 aliphatic carbocycles. The number of para-hydroxylation sites is 1. The summed E-state index contributed by atoms with van der Waals surface area (Å²) in [5, 5.41) is 14.4. The van der Waals surface area contributed by atoms with E-state index in [1.807, 2.05) is 30.3 Å². The van der Waals surface area contributed by atoms with Crippen molar-refractivity contribution in [1.29, 1.82) is 5.26 Å². The third kappa shape index (κ3) is 5.54. The smallest absolute Gasteiger partial charge is 0.164 e. The maximum Gasteiger partial charge on any atom is 0.164 e. The van der Waals surface area contributed by atoms with Crippen molar-refractivity contribution in [1.82, 2.24) is 19.5 Å². The van der Waals surface area contributed by atoms with Crippen molar-refractivity contribution in [2.24, 2.45) is 11.8 Å². The highest BCUT2D eigenvalue weighted by Gasteiger charge is 2.58. The van der Waals surface area contributed by atoms with Gasteiger partial charge in [-0.2, -0.15) is 5.26 Å². The Hall–Kier alpha value is -6.90. The molecule has 5 nitrogen and oxygen atoms in total. The van der Waals surface area contributed by atoms with E-state index in [2.05, 4.69) is 144 Å². The molecule has 7 aromatic carbocycles. The zero-order chi connectivity index (χ0) is 39.1. The molecule has 2 atom stereocenters. The van der Waals surface area contributed by atoms with Gasteiger partial charge in [0.05, 0.1) is 22.7 Å². The molecule has 4 bridgehead atoms. The van der Waals surface area contributed by atoms with Crippen LogP contribution in [-0.2, 0) is 10.8 Å². The minimum Gasteiger partial charge on any atom is -0.309 e. The molecule has 5 heteroatoms. The lowest BCUT2D eigenvalue weighted by Gasteiger charge is -2.63. The number of hydrogen-bond acceptors (Lipinski definition) is 4. The highest BCUT2D eigenvalue weighted by atomic mass is 15.0. The molecule has 4 saturated carbocycles. The Morgan fingerprint density at radius 2 is 1.07 bits per heavy atom. The summed E-state index contributed by atoms with van der Waals surface area (Å²) in [6, 6.07) is 60.8. The SMILES string of the molecule is N#Cc1ccc(-n2c3ccccc3c3ccc(C45CC6CC(CC(c7ccc(-c8nc(-c9ccccc9)nc(-c9ccc%10ccccc%10c9)n8)cc7)(C6)C4)C5)cc32)cc1. The molecule has 0 N–H and O–H groups in total. The van der Waals surface area contributed by atoms with E-state index in [9.17, 15) is 5.26 Å². The summed E-state index contributed by atoms with van der Waals surface area (Å²) >= 11 is 0. The van der Waals surface area contributed by atoms with Crippen molar-refractivity contribution >= 4 is 32.6 Å². The summed E-state index contributed by atoms with van der Waals surface area (Å²) < 4.78 is 2.40. The van der Waals surface area contributed by atoms with Gasteiger partial charge in [-0.05, 0) is 126 Å². The van der Waals surface area contributed by atoms with Crippen molar-refractivity contribution in [3.63, 3.8) is 0 Å². The molecule has 4 fully saturated rings. The van der Waals surface area contributed by atoms with Crippen molar-refractivity contribution in [3.05, 3.63) is 180 Å². The molecule has 4 aliphatic rings. The summed E-state index contributed by atoms with van der Waals surface area (Å²) in [6.45, 7) is 0. The zero-order valence-corrected chi connectivity index (χ0v) is 32.7. The number of benzene rings is 7. The van der Waals surface area contributed by atoms with Crippen LogP contribution >= 0.6 is 0 Å². The van der Waals surface area contributed by atoms with Crippen molar-refractivity contribution in [3.8, 4) is 45.9 Å². The van der Waals surface area contributed by atoms with Crippen LogP contribution in [0.25, 0.3) is 72.4 Å². The van der Waals surface area contributed by atoms with Gasteiger partial charge in [-0.25, -0.2) is 15.0 Å². The molecule has 0 spiro atoms. The average Bonchev–Trinajstić information content (AvgIpc) is 3.62. The zero-order valence-electron chi connectivity index (χ0n) is 32.7. The van der Waals surface area contributed by atoms with Crippen LogP contribution in [-0.4, -0.2) is 19.5 Å². The number of rotatable bonds is 6. The first-order chi connectivity index (χ1) is 29.0. The second kappa shape index (κ2) is 13.1. The van der Waals surface area contributed by atoms with E-state index in [0.29, 0.717) is 23.0 Å². The molecular formula is C54H41N5. The van der Waals surface area contributed by atoms with Crippen LogP contribution in [0.5, 0.6) is 0 Å². The number of nitrogens with zero attached hydrogens (tertiary/aromatic N) is 5. The van der Waals surface area contributed by atoms with Crippen LogP contribution in [0.1, 0.15) is 55.2 Å². The Labute approximate surface area is 343 Å². The Morgan fingerprint density at radius 3 is 1.80 bits per heavy atom. The summed E-state index contributed by atoms with van der Waals surface area (Å²) in [5.41, 5.74) is 10.4. The normalized spacial score (nSPS) is 21.9. The van der Waals surface area contributed by atoms with E-state index in [0.717, 1.165) is 34.2 Å². The van der Waals surface area contributed by atoms with Gasteiger partial charge in [0.15, 0.2) is 17.5 Å². The molecule has 2 unspecified atom stereocenters. The lowest BCUT2D eigenvalue weighted by atomic mass is 9.41. The molecule has 0 radical (unpaired) electrons. The Morgan fingerprint density at radius 1 is 0.492 bits per heavy atom. The first-order valence-corrected chi connectivity index (χ1v) is 21.0. The largest absolute Gasteiger partial charge is 0.309 e. The van der Waals surface area contributed by atoms with Gasteiger partial charge < -0.3 is 4.57 Å². The molecular weight excluding hydrogens is 719 g/mol. The highest BCUT2D eigenvalue weighted by Crippen LogP contribution is 2.66. The van der Waals surface area contributed by atoms with Crippen LogP contribution in [0.2, 0.25) is 0 Å². The fourth-order valence-electron chi connectivity index (χ4n) is 11.9. The highest BCUT2D eigenvalue weighted by molar-refractivity contribution is 6.09. The van der Waals surface area contributed by atoms with Crippen LogP contribution in [0.4, 0.5) is 0 Å². The van der Waals surface area contributed by atoms with Crippen LogP contribution in [0.3, 0.4) is 0 Å². The first kappa shape index (κ1) is 34.2. The molecule has 13 rings (SSSR count). The molecule has 2 aromatic heterocycles. The van der Waals surface area contributed by atoms with Crippen molar-refractivity contribution < 1.29 is 0 Å². The molecule has 0 saturated heterocycles. The number of nitriles is 1. The first-order valence-electron chi connectivity index (χ1n) is 21.0. The van der Waals surface area contributed by atoms with E-state index in [-0.39, 0.29) is 10.8 Å². The third-order valence-electron chi connectivity index (χ3n) is 14.0. The lowest BCUT2D eigenvalue weighted by Crippen LogP contribution is -2.55. The van der Waals surface area contributed by atoms with Gasteiger partial charge in [-0.1, -0.05) is 121 Å². The minimum atomic E-state index is 0.135. The van der Waals surface area contributed by atoms with Crippen LogP contribution in [0.15, 0.2) is 164 Å². The quantitative estimate of drug-likeness (QED) is 0.169. The maximum atomic E-state index is 9.52. The number of aromatic nitrogens is 4. The van der Waals surface area contributed by atoms with Gasteiger partial charge >= 0.3 is 0 Å². The van der Waals surface area contributed by atoms with Crippen molar-refractivity contribution in [2.45, 2.75) is 49.4 Å². The molecule has 0 aliphatic heterocycles.